The molecule has 5 heteroatoms. The van der Waals surface area contributed by atoms with Gasteiger partial charge in [-0.25, -0.2) is 0 Å². The normalized spacial score (nSPS) is 43.0. The predicted molar refractivity (Wildman–Crippen MR) is 143 cm³/mol. The molecule has 1 aliphatic heterocycles. The molecule has 196 valence electrons. The second kappa shape index (κ2) is 8.34. The van der Waals surface area contributed by atoms with Crippen molar-refractivity contribution in [2.75, 3.05) is 0 Å². The Hall–Kier alpha value is -1.33. The van der Waals surface area contributed by atoms with E-state index in [9.17, 15) is 4.79 Å². The van der Waals surface area contributed by atoms with Crippen LogP contribution >= 0.6 is 0 Å². The molecule has 0 amide bonds. The Labute approximate surface area is 218 Å². The van der Waals surface area contributed by atoms with Crippen LogP contribution in [0.15, 0.2) is 24.3 Å². The summed E-state index contributed by atoms with van der Waals surface area (Å²) in [5.74, 6) is 4.44. The third kappa shape index (κ3) is 3.74. The largest absolute Gasteiger partial charge is 0.494 e. The van der Waals surface area contributed by atoms with Gasteiger partial charge in [-0.15, -0.1) is 0 Å². The number of ketones is 1. The molecule has 1 aromatic rings. The lowest BCUT2D eigenvalue weighted by Crippen LogP contribution is -2.54. The van der Waals surface area contributed by atoms with Crippen LogP contribution in [0.3, 0.4) is 0 Å². The van der Waals surface area contributed by atoms with Gasteiger partial charge in [-0.05, 0) is 126 Å². The maximum atomic E-state index is 12.7. The van der Waals surface area contributed by atoms with E-state index < -0.39 is 0 Å². The first-order chi connectivity index (χ1) is 16.9. The average Bonchev–Trinajstić information content (AvgIpc) is 3.25. The standard InChI is InChI=1S/C31H45BO4/c1-28(2)29(3,4)36-32(35-28)21-8-10-22(11-9-21)34-23-15-17-30(5)20(19-23)7-12-24-25-13-14-27(33)31(25,6)18-16-26(24)30/h8-11,20,23-26H,7,12-19H2,1-6H3/t20?,23?,24?,25-,26-,30-,31-/m0/s1. The maximum absolute atomic E-state index is 12.7. The fourth-order valence-electron chi connectivity index (χ4n) is 8.97. The Morgan fingerprint density at radius 3 is 2.22 bits per heavy atom. The topological polar surface area (TPSA) is 44.8 Å². The Bertz CT molecular complexity index is 1000. The van der Waals surface area contributed by atoms with Gasteiger partial charge in [-0.3, -0.25) is 4.79 Å². The number of ether oxygens (including phenoxy) is 1. The summed E-state index contributed by atoms with van der Waals surface area (Å²) < 4.78 is 19.0. The molecule has 0 aromatic heterocycles. The number of rotatable bonds is 3. The molecule has 0 N–H and O–H groups in total. The van der Waals surface area contributed by atoms with Crippen molar-refractivity contribution in [3.63, 3.8) is 0 Å². The molecule has 0 bridgehead atoms. The molecule has 1 heterocycles. The highest BCUT2D eigenvalue weighted by Crippen LogP contribution is 2.65. The van der Waals surface area contributed by atoms with E-state index in [0.717, 1.165) is 54.6 Å². The highest BCUT2D eigenvalue weighted by molar-refractivity contribution is 6.62. The molecule has 0 spiro atoms. The van der Waals surface area contributed by atoms with Crippen molar-refractivity contribution < 1.29 is 18.8 Å². The Balaban J connectivity index is 1.10. The zero-order valence-corrected chi connectivity index (χ0v) is 23.3. The monoisotopic (exact) mass is 492 g/mol. The molecule has 3 unspecified atom stereocenters. The lowest BCUT2D eigenvalue weighted by atomic mass is 9.45. The van der Waals surface area contributed by atoms with Crippen LogP contribution in [0.4, 0.5) is 0 Å². The summed E-state index contributed by atoms with van der Waals surface area (Å²) >= 11 is 0. The van der Waals surface area contributed by atoms with E-state index in [4.69, 9.17) is 14.0 Å². The van der Waals surface area contributed by atoms with Crippen molar-refractivity contribution in [1.29, 1.82) is 0 Å². The van der Waals surface area contributed by atoms with E-state index >= 15 is 0 Å². The van der Waals surface area contributed by atoms with Crippen LogP contribution < -0.4 is 10.2 Å². The minimum absolute atomic E-state index is 0.0169. The summed E-state index contributed by atoms with van der Waals surface area (Å²) in [6, 6.07) is 8.36. The molecular weight excluding hydrogens is 447 g/mol. The first kappa shape index (κ1) is 25.0. The van der Waals surface area contributed by atoms with Crippen molar-refractivity contribution in [1.82, 2.24) is 0 Å². The zero-order chi connectivity index (χ0) is 25.5. The molecule has 6 rings (SSSR count). The minimum Gasteiger partial charge on any atom is -0.490 e. The number of carbonyl (C=O) groups is 1. The van der Waals surface area contributed by atoms with Crippen LogP contribution in [0.25, 0.3) is 0 Å². The van der Waals surface area contributed by atoms with E-state index in [1.165, 1.54) is 32.1 Å². The molecule has 4 nitrogen and oxygen atoms in total. The molecule has 1 aromatic carbocycles. The lowest BCUT2D eigenvalue weighted by Gasteiger charge is -2.60. The van der Waals surface area contributed by atoms with Gasteiger partial charge in [0.15, 0.2) is 0 Å². The van der Waals surface area contributed by atoms with E-state index in [1.54, 1.807) is 0 Å². The highest BCUT2D eigenvalue weighted by Gasteiger charge is 2.60. The van der Waals surface area contributed by atoms with Crippen LogP contribution in [0.1, 0.15) is 99.3 Å². The first-order valence-corrected chi connectivity index (χ1v) is 14.6. The fraction of sp³-hybridized carbons (Fsp3) is 0.774. The third-order valence-electron chi connectivity index (χ3n) is 12.0. The van der Waals surface area contributed by atoms with Crippen LogP contribution in [0, 0.1) is 34.5 Å². The van der Waals surface area contributed by atoms with E-state index in [0.29, 0.717) is 23.2 Å². The van der Waals surface area contributed by atoms with Gasteiger partial charge in [0.25, 0.3) is 0 Å². The molecular formula is C31H45BO4. The van der Waals surface area contributed by atoms with Gasteiger partial charge in [0.2, 0.25) is 0 Å². The maximum Gasteiger partial charge on any atom is 0.494 e. The van der Waals surface area contributed by atoms with Gasteiger partial charge >= 0.3 is 7.12 Å². The number of hydrogen-bond donors (Lipinski definition) is 0. The molecule has 5 aliphatic rings. The summed E-state index contributed by atoms with van der Waals surface area (Å²) in [7, 11) is -0.331. The first-order valence-electron chi connectivity index (χ1n) is 14.6. The van der Waals surface area contributed by atoms with Crippen molar-refractivity contribution in [2.45, 2.75) is 117 Å². The van der Waals surface area contributed by atoms with Crippen LogP contribution in [0.2, 0.25) is 0 Å². The highest BCUT2D eigenvalue weighted by atomic mass is 16.7. The van der Waals surface area contributed by atoms with E-state index in [2.05, 4.69) is 65.8 Å². The number of benzene rings is 1. The average molecular weight is 493 g/mol. The predicted octanol–water partition coefficient (Wildman–Crippen LogP) is 6.35. The van der Waals surface area contributed by atoms with Gasteiger partial charge in [-0.2, -0.15) is 0 Å². The van der Waals surface area contributed by atoms with Crippen LogP contribution in [0.5, 0.6) is 5.75 Å². The van der Waals surface area contributed by atoms with Crippen LogP contribution in [-0.2, 0) is 14.1 Å². The SMILES string of the molecule is CC1(C)OB(c2ccc(OC3CC[C@@]4(C)C(CCC5[C@@H]4CC[C@]4(C)C(=O)CC[C@@H]54)C3)cc2)OC1(C)C. The summed E-state index contributed by atoms with van der Waals surface area (Å²) in [4.78, 5) is 12.7. The lowest BCUT2D eigenvalue weighted by molar-refractivity contribution is -0.141. The molecule has 7 atom stereocenters. The fourth-order valence-corrected chi connectivity index (χ4v) is 8.97. The number of fused-ring (bicyclic) bond motifs is 5. The summed E-state index contributed by atoms with van der Waals surface area (Å²) in [5, 5.41) is 0. The number of hydrogen-bond acceptors (Lipinski definition) is 4. The second-order valence-electron chi connectivity index (χ2n) is 14.2. The molecule has 0 radical (unpaired) electrons. The molecule has 5 fully saturated rings. The Kier molecular flexibility index (Phi) is 5.78. The summed E-state index contributed by atoms with van der Waals surface area (Å²) in [6.45, 7) is 13.2. The molecule has 4 saturated carbocycles. The quantitative estimate of drug-likeness (QED) is 0.462. The molecule has 1 saturated heterocycles. The van der Waals surface area contributed by atoms with E-state index in [1.807, 2.05) is 0 Å². The minimum atomic E-state index is -0.331. The van der Waals surface area contributed by atoms with Crippen LogP contribution in [-0.4, -0.2) is 30.2 Å². The molecule has 36 heavy (non-hydrogen) atoms. The van der Waals surface area contributed by atoms with Gasteiger partial charge in [0, 0.05) is 11.8 Å². The Morgan fingerprint density at radius 1 is 0.833 bits per heavy atom. The van der Waals surface area contributed by atoms with Gasteiger partial charge < -0.3 is 14.0 Å². The van der Waals surface area contributed by atoms with Crippen molar-refractivity contribution in [3.8, 4) is 5.75 Å². The third-order valence-corrected chi connectivity index (χ3v) is 12.0. The van der Waals surface area contributed by atoms with Gasteiger partial charge in [0.05, 0.1) is 17.3 Å². The van der Waals surface area contributed by atoms with Crippen molar-refractivity contribution in [3.05, 3.63) is 24.3 Å². The second-order valence-corrected chi connectivity index (χ2v) is 14.2. The number of Topliss-reactive ketones (excluding diaryl/α,β-unsaturated/α-hetero) is 1. The van der Waals surface area contributed by atoms with E-state index in [-0.39, 0.29) is 23.7 Å². The molecule has 4 aliphatic carbocycles. The summed E-state index contributed by atoms with van der Waals surface area (Å²) in [5.41, 5.74) is 0.786. The smallest absolute Gasteiger partial charge is 0.490 e. The zero-order valence-electron chi connectivity index (χ0n) is 23.3. The summed E-state index contributed by atoms with van der Waals surface area (Å²) in [6.07, 6.45) is 10.8. The van der Waals surface area contributed by atoms with Gasteiger partial charge in [0.1, 0.15) is 11.5 Å². The van der Waals surface area contributed by atoms with Crippen molar-refractivity contribution >= 4 is 18.4 Å². The van der Waals surface area contributed by atoms with Crippen molar-refractivity contribution in [2.24, 2.45) is 34.5 Å². The van der Waals surface area contributed by atoms with Gasteiger partial charge in [-0.1, -0.05) is 26.0 Å². The number of carbonyl (C=O) groups excluding carboxylic acids is 1. The Morgan fingerprint density at radius 2 is 1.53 bits per heavy atom.